The highest BCUT2D eigenvalue weighted by Gasteiger charge is 2.02. The molecule has 1 heterocycles. The van der Waals surface area contributed by atoms with E-state index < -0.39 is 0 Å². The van der Waals surface area contributed by atoms with E-state index >= 15 is 0 Å². The maximum atomic E-state index is 4.67. The number of benzene rings is 1. The van der Waals surface area contributed by atoms with E-state index in [1.165, 1.54) is 10.9 Å². The minimum absolute atomic E-state index is 0.573. The van der Waals surface area contributed by atoms with Gasteiger partial charge >= 0.3 is 0 Å². The summed E-state index contributed by atoms with van der Waals surface area (Å²) in [5.74, 6) is 0.573. The van der Waals surface area contributed by atoms with Gasteiger partial charge in [-0.25, -0.2) is 0 Å². The van der Waals surface area contributed by atoms with Crippen LogP contribution in [0, 0.1) is 0 Å². The van der Waals surface area contributed by atoms with Gasteiger partial charge in [-0.2, -0.15) is 0 Å². The maximum Gasteiger partial charge on any atom is 0.0705 e. The van der Waals surface area contributed by atoms with Gasteiger partial charge in [0, 0.05) is 24.0 Å². The largest absolute Gasteiger partial charge is 0.319 e. The number of hydrogen-bond donors (Lipinski definition) is 1. The fraction of sp³-hybridized carbons (Fsp3) is 0.400. The summed E-state index contributed by atoms with van der Waals surface area (Å²) < 4.78 is 0. The first kappa shape index (κ1) is 12.1. The second-order valence-corrected chi connectivity index (χ2v) is 4.76. The zero-order chi connectivity index (χ0) is 12.3. The number of fused-ring (bicyclic) bond motifs is 1. The Labute approximate surface area is 103 Å². The van der Waals surface area contributed by atoms with Gasteiger partial charge in [-0.3, -0.25) is 4.98 Å². The maximum absolute atomic E-state index is 4.67. The molecule has 0 atom stereocenters. The monoisotopic (exact) mass is 228 g/mol. The molecule has 0 aliphatic rings. The smallest absolute Gasteiger partial charge is 0.0705 e. The third kappa shape index (κ3) is 2.83. The van der Waals surface area contributed by atoms with Crippen LogP contribution in [0.2, 0.25) is 0 Å². The Morgan fingerprint density at radius 3 is 2.71 bits per heavy atom. The van der Waals surface area contributed by atoms with Gasteiger partial charge in [-0.1, -0.05) is 26.0 Å². The topological polar surface area (TPSA) is 24.9 Å². The Morgan fingerprint density at radius 1 is 1.18 bits per heavy atom. The third-order valence-electron chi connectivity index (χ3n) is 3.07. The number of nitrogens with zero attached hydrogens (tertiary/aromatic N) is 1. The molecule has 0 aliphatic heterocycles. The van der Waals surface area contributed by atoms with E-state index in [0.717, 1.165) is 24.2 Å². The summed E-state index contributed by atoms with van der Waals surface area (Å²) in [5.41, 5.74) is 3.63. The molecule has 0 fully saturated rings. The van der Waals surface area contributed by atoms with Crippen molar-refractivity contribution < 1.29 is 0 Å². The molecule has 1 aromatic heterocycles. The van der Waals surface area contributed by atoms with Crippen molar-refractivity contribution in [3.8, 4) is 0 Å². The number of pyridine rings is 1. The van der Waals surface area contributed by atoms with E-state index in [9.17, 15) is 0 Å². The Bertz CT molecular complexity index is 503. The van der Waals surface area contributed by atoms with Crippen LogP contribution < -0.4 is 5.32 Å². The molecule has 1 N–H and O–H groups in total. The van der Waals surface area contributed by atoms with Crippen LogP contribution in [-0.2, 0) is 6.42 Å². The molecule has 17 heavy (non-hydrogen) atoms. The minimum atomic E-state index is 0.573. The summed E-state index contributed by atoms with van der Waals surface area (Å²) in [4.78, 5) is 4.67. The summed E-state index contributed by atoms with van der Waals surface area (Å²) in [6.45, 7) is 5.41. The molecule has 2 aromatic rings. The summed E-state index contributed by atoms with van der Waals surface area (Å²) in [6.07, 6.45) is 0.984. The van der Waals surface area contributed by atoms with Crippen LogP contribution in [0.4, 0.5) is 0 Å². The van der Waals surface area contributed by atoms with Crippen LogP contribution >= 0.6 is 0 Å². The number of hydrogen-bond acceptors (Lipinski definition) is 2. The molecular formula is C15H20N2. The molecule has 1 aromatic carbocycles. The second kappa shape index (κ2) is 5.28. The van der Waals surface area contributed by atoms with Gasteiger partial charge in [0.05, 0.1) is 5.52 Å². The van der Waals surface area contributed by atoms with E-state index in [-0.39, 0.29) is 0 Å². The molecule has 0 unspecified atom stereocenters. The molecular weight excluding hydrogens is 208 g/mol. The average Bonchev–Trinajstić information content (AvgIpc) is 2.35. The van der Waals surface area contributed by atoms with Crippen LogP contribution in [-0.4, -0.2) is 18.6 Å². The minimum Gasteiger partial charge on any atom is -0.319 e. The Kier molecular flexibility index (Phi) is 3.75. The molecule has 0 saturated heterocycles. The summed E-state index contributed by atoms with van der Waals surface area (Å²) >= 11 is 0. The lowest BCUT2D eigenvalue weighted by Gasteiger charge is -2.07. The lowest BCUT2D eigenvalue weighted by molar-refractivity contribution is 0.779. The van der Waals surface area contributed by atoms with E-state index in [1.807, 2.05) is 7.05 Å². The van der Waals surface area contributed by atoms with Crippen molar-refractivity contribution in [2.45, 2.75) is 26.2 Å². The van der Waals surface area contributed by atoms with E-state index in [0.29, 0.717) is 5.92 Å². The summed E-state index contributed by atoms with van der Waals surface area (Å²) in [5, 5.41) is 4.39. The Balaban J connectivity index is 2.33. The zero-order valence-corrected chi connectivity index (χ0v) is 10.8. The molecule has 2 heteroatoms. The molecule has 0 amide bonds. The third-order valence-corrected chi connectivity index (χ3v) is 3.07. The summed E-state index contributed by atoms with van der Waals surface area (Å²) in [6, 6.07) is 10.9. The van der Waals surface area contributed by atoms with Gasteiger partial charge in [0.25, 0.3) is 0 Å². The SMILES string of the molecule is CNCCc1ccc2cc(C(C)C)ccc2n1. The number of aromatic nitrogens is 1. The molecule has 0 saturated carbocycles. The van der Waals surface area contributed by atoms with Gasteiger partial charge in [0.2, 0.25) is 0 Å². The first-order valence-electron chi connectivity index (χ1n) is 6.25. The van der Waals surface area contributed by atoms with Crippen LogP contribution in [0.25, 0.3) is 10.9 Å². The number of likely N-dealkylation sites (N-methyl/N-ethyl adjacent to an activating group) is 1. The van der Waals surface area contributed by atoms with Gasteiger partial charge in [0.1, 0.15) is 0 Å². The van der Waals surface area contributed by atoms with Gasteiger partial charge in [-0.15, -0.1) is 0 Å². The van der Waals surface area contributed by atoms with Gasteiger partial charge in [-0.05, 0) is 36.7 Å². The predicted molar refractivity (Wildman–Crippen MR) is 73.5 cm³/mol. The first-order valence-corrected chi connectivity index (χ1v) is 6.25. The standard InChI is InChI=1S/C15H20N2/c1-11(2)12-5-7-15-13(10-12)4-6-14(17-15)8-9-16-3/h4-7,10-11,16H,8-9H2,1-3H3. The Hall–Kier alpha value is -1.41. The molecule has 0 bridgehead atoms. The molecule has 2 rings (SSSR count). The fourth-order valence-corrected chi connectivity index (χ4v) is 1.94. The van der Waals surface area contributed by atoms with Crippen LogP contribution in [0.15, 0.2) is 30.3 Å². The van der Waals surface area contributed by atoms with Crippen molar-refractivity contribution in [3.63, 3.8) is 0 Å². The first-order chi connectivity index (χ1) is 8.20. The van der Waals surface area contributed by atoms with Crippen molar-refractivity contribution in [2.24, 2.45) is 0 Å². The van der Waals surface area contributed by atoms with Crippen LogP contribution in [0.1, 0.15) is 31.0 Å². The molecule has 2 nitrogen and oxygen atoms in total. The fourth-order valence-electron chi connectivity index (χ4n) is 1.94. The lowest BCUT2D eigenvalue weighted by Crippen LogP contribution is -2.11. The predicted octanol–water partition coefficient (Wildman–Crippen LogP) is 3.12. The van der Waals surface area contributed by atoms with E-state index in [1.54, 1.807) is 0 Å². The van der Waals surface area contributed by atoms with E-state index in [4.69, 9.17) is 0 Å². The number of nitrogens with one attached hydrogen (secondary N) is 1. The molecule has 0 aliphatic carbocycles. The normalized spacial score (nSPS) is 11.3. The average molecular weight is 228 g/mol. The number of rotatable bonds is 4. The van der Waals surface area contributed by atoms with Gasteiger partial charge in [0.15, 0.2) is 0 Å². The zero-order valence-electron chi connectivity index (χ0n) is 10.8. The van der Waals surface area contributed by atoms with Crippen molar-refractivity contribution in [3.05, 3.63) is 41.6 Å². The quantitative estimate of drug-likeness (QED) is 0.869. The molecule has 0 spiro atoms. The lowest BCUT2D eigenvalue weighted by atomic mass is 10.0. The Morgan fingerprint density at radius 2 is 2.00 bits per heavy atom. The second-order valence-electron chi connectivity index (χ2n) is 4.76. The molecule has 90 valence electrons. The highest BCUT2D eigenvalue weighted by atomic mass is 14.8. The van der Waals surface area contributed by atoms with Crippen molar-refractivity contribution in [1.29, 1.82) is 0 Å². The molecule has 0 radical (unpaired) electrons. The van der Waals surface area contributed by atoms with E-state index in [2.05, 4.69) is 54.5 Å². The highest BCUT2D eigenvalue weighted by molar-refractivity contribution is 5.79. The van der Waals surface area contributed by atoms with Crippen molar-refractivity contribution in [2.75, 3.05) is 13.6 Å². The highest BCUT2D eigenvalue weighted by Crippen LogP contribution is 2.20. The van der Waals surface area contributed by atoms with Gasteiger partial charge < -0.3 is 5.32 Å². The van der Waals surface area contributed by atoms with Crippen LogP contribution in [0.3, 0.4) is 0 Å². The van der Waals surface area contributed by atoms with Crippen molar-refractivity contribution in [1.82, 2.24) is 10.3 Å². The van der Waals surface area contributed by atoms with Crippen LogP contribution in [0.5, 0.6) is 0 Å². The summed E-state index contributed by atoms with van der Waals surface area (Å²) in [7, 11) is 1.97. The van der Waals surface area contributed by atoms with Crippen molar-refractivity contribution >= 4 is 10.9 Å².